The third-order valence-electron chi connectivity index (χ3n) is 2.97. The third-order valence-corrected chi connectivity index (χ3v) is 2.97. The molecule has 1 unspecified atom stereocenters. The highest BCUT2D eigenvalue weighted by molar-refractivity contribution is 5.76. The summed E-state index contributed by atoms with van der Waals surface area (Å²) in [6, 6.07) is 1.73. The van der Waals surface area contributed by atoms with Crippen molar-refractivity contribution in [3.05, 3.63) is 0 Å². The molecule has 0 bridgehead atoms. The highest BCUT2D eigenvalue weighted by Gasteiger charge is 2.31. The van der Waals surface area contributed by atoms with E-state index in [2.05, 4.69) is 11.4 Å². The molecular weight excluding hydrogens is 204 g/mol. The molecule has 1 rings (SSSR count). The molecule has 4 heteroatoms. The van der Waals surface area contributed by atoms with Gasteiger partial charge in [0.25, 0.3) is 0 Å². The van der Waals surface area contributed by atoms with Crippen LogP contribution in [0.5, 0.6) is 0 Å². The van der Waals surface area contributed by atoms with Crippen molar-refractivity contribution in [1.82, 2.24) is 5.32 Å². The highest BCUT2D eigenvalue weighted by Crippen LogP contribution is 2.32. The molecule has 0 aromatic carbocycles. The van der Waals surface area contributed by atoms with E-state index in [0.717, 1.165) is 19.4 Å². The lowest BCUT2D eigenvalue weighted by Crippen LogP contribution is -2.38. The van der Waals surface area contributed by atoms with Gasteiger partial charge < -0.3 is 10.1 Å². The first kappa shape index (κ1) is 13.0. The van der Waals surface area contributed by atoms with E-state index in [1.807, 2.05) is 13.8 Å². The summed E-state index contributed by atoms with van der Waals surface area (Å²) in [4.78, 5) is 11.5. The van der Waals surface area contributed by atoms with Crippen molar-refractivity contribution in [2.45, 2.75) is 51.7 Å². The van der Waals surface area contributed by atoms with Crippen LogP contribution in [0.15, 0.2) is 0 Å². The summed E-state index contributed by atoms with van der Waals surface area (Å²) in [5.74, 6) is 0.432. The molecule has 1 saturated carbocycles. The fourth-order valence-corrected chi connectivity index (χ4v) is 1.95. The minimum Gasteiger partial charge on any atom is -0.378 e. The van der Waals surface area contributed by atoms with E-state index in [1.54, 1.807) is 0 Å². The van der Waals surface area contributed by atoms with Crippen LogP contribution in [0.1, 0.15) is 39.5 Å². The molecule has 1 aliphatic rings. The van der Waals surface area contributed by atoms with Gasteiger partial charge in [-0.05, 0) is 32.1 Å². The second kappa shape index (κ2) is 6.49. The molecule has 4 nitrogen and oxygen atoms in total. The molecule has 16 heavy (non-hydrogen) atoms. The van der Waals surface area contributed by atoms with Gasteiger partial charge in [-0.15, -0.1) is 0 Å². The summed E-state index contributed by atoms with van der Waals surface area (Å²) < 4.78 is 5.43. The maximum atomic E-state index is 11.5. The average molecular weight is 224 g/mol. The van der Waals surface area contributed by atoms with Crippen molar-refractivity contribution in [3.8, 4) is 6.07 Å². The minimum atomic E-state index is -0.338. The van der Waals surface area contributed by atoms with Crippen molar-refractivity contribution in [2.75, 3.05) is 6.61 Å². The molecule has 0 radical (unpaired) electrons. The van der Waals surface area contributed by atoms with E-state index in [-0.39, 0.29) is 11.9 Å². The minimum absolute atomic E-state index is 0.00616. The van der Waals surface area contributed by atoms with Crippen molar-refractivity contribution >= 4 is 5.91 Å². The van der Waals surface area contributed by atoms with E-state index in [0.29, 0.717) is 24.9 Å². The molecule has 1 aliphatic carbocycles. The third kappa shape index (κ3) is 3.82. The lowest BCUT2D eigenvalue weighted by Gasteiger charge is -2.34. The summed E-state index contributed by atoms with van der Waals surface area (Å²) >= 11 is 0. The monoisotopic (exact) mass is 224 g/mol. The number of amides is 1. The maximum Gasteiger partial charge on any atom is 0.221 e. The van der Waals surface area contributed by atoms with E-state index in [1.165, 1.54) is 0 Å². The second-order valence-electron chi connectivity index (χ2n) is 4.28. The first-order valence-electron chi connectivity index (χ1n) is 6.00. The lowest BCUT2D eigenvalue weighted by molar-refractivity contribution is -0.124. The van der Waals surface area contributed by atoms with E-state index in [9.17, 15) is 4.79 Å². The van der Waals surface area contributed by atoms with Gasteiger partial charge in [-0.3, -0.25) is 4.79 Å². The van der Waals surface area contributed by atoms with Gasteiger partial charge in [0.2, 0.25) is 5.91 Å². The van der Waals surface area contributed by atoms with Crippen LogP contribution < -0.4 is 5.32 Å². The van der Waals surface area contributed by atoms with Gasteiger partial charge in [0.05, 0.1) is 12.2 Å². The van der Waals surface area contributed by atoms with E-state index < -0.39 is 0 Å². The topological polar surface area (TPSA) is 62.1 Å². The zero-order valence-corrected chi connectivity index (χ0v) is 10.0. The first-order valence-corrected chi connectivity index (χ1v) is 6.00. The van der Waals surface area contributed by atoms with E-state index in [4.69, 9.17) is 10.00 Å². The molecule has 90 valence electrons. The average Bonchev–Trinajstić information content (AvgIpc) is 2.23. The molecule has 1 atom stereocenters. The zero-order chi connectivity index (χ0) is 12.0. The molecule has 0 spiro atoms. The van der Waals surface area contributed by atoms with Gasteiger partial charge >= 0.3 is 0 Å². The van der Waals surface area contributed by atoms with Crippen LogP contribution in [0.3, 0.4) is 0 Å². The Hall–Kier alpha value is -1.08. The lowest BCUT2D eigenvalue weighted by atomic mass is 9.80. The number of hydrogen-bond acceptors (Lipinski definition) is 3. The molecule has 1 fully saturated rings. The van der Waals surface area contributed by atoms with Gasteiger partial charge in [-0.2, -0.15) is 5.26 Å². The summed E-state index contributed by atoms with van der Waals surface area (Å²) in [5.41, 5.74) is 0. The molecule has 1 N–H and O–H groups in total. The van der Waals surface area contributed by atoms with Crippen LogP contribution in [0.25, 0.3) is 0 Å². The fourth-order valence-electron chi connectivity index (χ4n) is 1.95. The maximum absolute atomic E-state index is 11.5. The predicted molar refractivity (Wildman–Crippen MR) is 60.6 cm³/mol. The van der Waals surface area contributed by atoms with Crippen molar-refractivity contribution in [1.29, 1.82) is 5.26 Å². The Kier molecular flexibility index (Phi) is 5.27. The van der Waals surface area contributed by atoms with Gasteiger partial charge in [-0.1, -0.05) is 6.92 Å². The SMILES string of the molecule is CCOC1CC(CC(=O)NC(C#N)CC)C1. The van der Waals surface area contributed by atoms with Crippen molar-refractivity contribution < 1.29 is 9.53 Å². The van der Waals surface area contributed by atoms with Crippen LogP contribution in [0.2, 0.25) is 0 Å². The largest absolute Gasteiger partial charge is 0.378 e. The molecule has 0 saturated heterocycles. The predicted octanol–water partition coefficient (Wildman–Crippen LogP) is 1.61. The van der Waals surface area contributed by atoms with Crippen LogP contribution >= 0.6 is 0 Å². The molecule has 0 aromatic heterocycles. The second-order valence-corrected chi connectivity index (χ2v) is 4.28. The number of rotatable bonds is 6. The molecule has 1 amide bonds. The number of carbonyl (C=O) groups is 1. The Balaban J connectivity index is 2.15. The normalized spacial score (nSPS) is 25.3. The Morgan fingerprint density at radius 2 is 2.25 bits per heavy atom. The zero-order valence-electron chi connectivity index (χ0n) is 10.0. The quantitative estimate of drug-likeness (QED) is 0.745. The van der Waals surface area contributed by atoms with Crippen molar-refractivity contribution in [2.24, 2.45) is 5.92 Å². The summed E-state index contributed by atoms with van der Waals surface area (Å²) in [6.07, 6.45) is 3.49. The van der Waals surface area contributed by atoms with Crippen LogP contribution in [0, 0.1) is 17.2 Å². The number of nitrogens with one attached hydrogen (secondary N) is 1. The Bertz CT molecular complexity index is 267. The number of carbonyl (C=O) groups excluding carboxylic acids is 1. The van der Waals surface area contributed by atoms with Crippen molar-refractivity contribution in [3.63, 3.8) is 0 Å². The summed E-state index contributed by atoms with van der Waals surface area (Å²) in [5, 5.41) is 11.4. The molecule has 0 aromatic rings. The number of hydrogen-bond donors (Lipinski definition) is 1. The highest BCUT2D eigenvalue weighted by atomic mass is 16.5. The van der Waals surface area contributed by atoms with Gasteiger partial charge in [0.1, 0.15) is 6.04 Å². The van der Waals surface area contributed by atoms with Gasteiger partial charge in [-0.25, -0.2) is 0 Å². The summed E-state index contributed by atoms with van der Waals surface area (Å²) in [7, 11) is 0. The van der Waals surface area contributed by atoms with Gasteiger partial charge in [0, 0.05) is 13.0 Å². The standard InChI is InChI=1S/C12H20N2O2/c1-3-10(8-13)14-12(15)7-9-5-11(6-9)16-4-2/h9-11H,3-7H2,1-2H3,(H,14,15). The smallest absolute Gasteiger partial charge is 0.221 e. The first-order chi connectivity index (χ1) is 7.69. The Labute approximate surface area is 97.0 Å². The molecule has 0 aliphatic heterocycles. The molecule has 0 heterocycles. The number of nitrogens with zero attached hydrogens (tertiary/aromatic N) is 1. The Morgan fingerprint density at radius 3 is 2.75 bits per heavy atom. The molecular formula is C12H20N2O2. The fraction of sp³-hybridized carbons (Fsp3) is 0.833. The Morgan fingerprint density at radius 1 is 1.56 bits per heavy atom. The number of nitriles is 1. The van der Waals surface area contributed by atoms with Crippen LogP contribution in [-0.4, -0.2) is 24.7 Å². The van der Waals surface area contributed by atoms with Gasteiger partial charge in [0.15, 0.2) is 0 Å². The number of ether oxygens (including phenoxy) is 1. The van der Waals surface area contributed by atoms with Crippen LogP contribution in [0.4, 0.5) is 0 Å². The summed E-state index contributed by atoms with van der Waals surface area (Å²) in [6.45, 7) is 4.62. The van der Waals surface area contributed by atoms with Crippen LogP contribution in [-0.2, 0) is 9.53 Å². The van der Waals surface area contributed by atoms with E-state index >= 15 is 0 Å².